The van der Waals surface area contributed by atoms with Crippen molar-refractivity contribution in [3.63, 3.8) is 0 Å². The van der Waals surface area contributed by atoms with Crippen LogP contribution >= 0.6 is 0 Å². The summed E-state index contributed by atoms with van der Waals surface area (Å²) < 4.78 is 1.45. The number of hydrogen-bond donors (Lipinski definition) is 2. The van der Waals surface area contributed by atoms with Crippen molar-refractivity contribution in [2.75, 3.05) is 0 Å². The summed E-state index contributed by atoms with van der Waals surface area (Å²) in [5.74, 6) is -1.14. The van der Waals surface area contributed by atoms with Crippen LogP contribution in [0.1, 0.15) is 20.3 Å². The topological polar surface area (TPSA) is 84.2 Å². The van der Waals surface area contributed by atoms with Crippen LogP contribution in [0.5, 0.6) is 0 Å². The van der Waals surface area contributed by atoms with Crippen LogP contribution in [0.2, 0.25) is 0 Å². The maximum Gasteiger partial charge on any atom is 0.326 e. The molecule has 1 aromatic rings. The summed E-state index contributed by atoms with van der Waals surface area (Å²) in [6.07, 6.45) is 3.63. The van der Waals surface area contributed by atoms with E-state index >= 15 is 0 Å². The number of nitrogens with one attached hydrogen (secondary N) is 1. The Kier molecular flexibility index (Phi) is 4.68. The van der Waals surface area contributed by atoms with Gasteiger partial charge in [-0.25, -0.2) is 4.79 Å². The third kappa shape index (κ3) is 4.67. The van der Waals surface area contributed by atoms with Crippen molar-refractivity contribution in [3.05, 3.63) is 18.5 Å². The van der Waals surface area contributed by atoms with Crippen molar-refractivity contribution < 1.29 is 14.7 Å². The molecule has 0 bridgehead atoms. The van der Waals surface area contributed by atoms with Crippen molar-refractivity contribution in [2.24, 2.45) is 5.92 Å². The Morgan fingerprint density at radius 3 is 2.65 bits per heavy atom. The van der Waals surface area contributed by atoms with Crippen LogP contribution in [0.4, 0.5) is 0 Å². The van der Waals surface area contributed by atoms with Gasteiger partial charge >= 0.3 is 5.97 Å². The summed E-state index contributed by atoms with van der Waals surface area (Å²) in [6.45, 7) is 3.86. The Balaban J connectivity index is 2.49. The Labute approximate surface area is 99.6 Å². The molecule has 1 aromatic heterocycles. The normalized spacial score (nSPS) is 12.4. The van der Waals surface area contributed by atoms with Crippen LogP contribution in [0, 0.1) is 5.92 Å². The fourth-order valence-electron chi connectivity index (χ4n) is 1.47. The molecule has 1 atom stereocenters. The smallest absolute Gasteiger partial charge is 0.326 e. The second kappa shape index (κ2) is 6.03. The largest absolute Gasteiger partial charge is 0.480 e. The molecule has 0 aromatic carbocycles. The number of amides is 1. The van der Waals surface area contributed by atoms with Gasteiger partial charge in [-0.3, -0.25) is 9.48 Å². The van der Waals surface area contributed by atoms with Gasteiger partial charge in [-0.1, -0.05) is 13.8 Å². The Hall–Kier alpha value is -1.85. The molecule has 2 N–H and O–H groups in total. The van der Waals surface area contributed by atoms with E-state index in [1.54, 1.807) is 18.5 Å². The van der Waals surface area contributed by atoms with Crippen LogP contribution in [0.25, 0.3) is 0 Å². The number of aromatic nitrogens is 2. The lowest BCUT2D eigenvalue weighted by Gasteiger charge is -2.16. The Bertz CT molecular complexity index is 373. The number of carbonyl (C=O) groups is 2. The van der Waals surface area contributed by atoms with Crippen molar-refractivity contribution in [1.29, 1.82) is 0 Å². The Morgan fingerprint density at radius 1 is 1.47 bits per heavy atom. The predicted octanol–water partition coefficient (Wildman–Crippen LogP) is 0.499. The average Bonchev–Trinajstić information content (AvgIpc) is 2.68. The van der Waals surface area contributed by atoms with Gasteiger partial charge in [0, 0.05) is 12.4 Å². The minimum atomic E-state index is -1.01. The van der Waals surface area contributed by atoms with Gasteiger partial charge in [0.05, 0.1) is 0 Å². The summed E-state index contributed by atoms with van der Waals surface area (Å²) in [7, 11) is 0. The first-order chi connectivity index (χ1) is 7.99. The number of aliphatic carboxylic acids is 1. The fourth-order valence-corrected chi connectivity index (χ4v) is 1.47. The number of carbonyl (C=O) groups excluding carboxylic acids is 1. The molecule has 0 aliphatic heterocycles. The van der Waals surface area contributed by atoms with Gasteiger partial charge in [-0.15, -0.1) is 0 Å². The number of hydrogen-bond acceptors (Lipinski definition) is 3. The second-order valence-corrected chi connectivity index (χ2v) is 4.29. The first-order valence-electron chi connectivity index (χ1n) is 5.48. The molecule has 0 fully saturated rings. The van der Waals surface area contributed by atoms with E-state index in [-0.39, 0.29) is 18.4 Å². The van der Waals surface area contributed by atoms with Gasteiger partial charge in [0.15, 0.2) is 0 Å². The van der Waals surface area contributed by atoms with E-state index in [9.17, 15) is 9.59 Å². The van der Waals surface area contributed by atoms with Crippen LogP contribution < -0.4 is 5.32 Å². The highest BCUT2D eigenvalue weighted by atomic mass is 16.4. The van der Waals surface area contributed by atoms with E-state index in [1.807, 2.05) is 13.8 Å². The first kappa shape index (κ1) is 13.2. The third-order valence-corrected chi connectivity index (χ3v) is 2.21. The quantitative estimate of drug-likeness (QED) is 0.757. The molecule has 0 saturated heterocycles. The standard InChI is InChI=1S/C11H17N3O3/c1-8(2)6-9(11(16)17)13-10(15)7-14-5-3-4-12-14/h3-5,8-9H,6-7H2,1-2H3,(H,13,15)(H,16,17)/t9-/m1/s1. The SMILES string of the molecule is CC(C)C[C@@H](NC(=O)Cn1cccn1)C(=O)O. The van der Waals surface area contributed by atoms with E-state index < -0.39 is 12.0 Å². The molecule has 0 aliphatic rings. The molecular weight excluding hydrogens is 222 g/mol. The van der Waals surface area contributed by atoms with E-state index in [4.69, 9.17) is 5.11 Å². The summed E-state index contributed by atoms with van der Waals surface area (Å²) in [6, 6.07) is 0.869. The zero-order valence-corrected chi connectivity index (χ0v) is 9.96. The summed E-state index contributed by atoms with van der Waals surface area (Å²) >= 11 is 0. The van der Waals surface area contributed by atoms with E-state index in [1.165, 1.54) is 4.68 Å². The van der Waals surface area contributed by atoms with Crippen LogP contribution in [-0.4, -0.2) is 32.8 Å². The van der Waals surface area contributed by atoms with Gasteiger partial charge in [-0.2, -0.15) is 5.10 Å². The van der Waals surface area contributed by atoms with Crippen LogP contribution in [0.15, 0.2) is 18.5 Å². The van der Waals surface area contributed by atoms with Gasteiger partial charge in [-0.05, 0) is 18.4 Å². The summed E-state index contributed by atoms with van der Waals surface area (Å²) in [5, 5.41) is 15.3. The lowest BCUT2D eigenvalue weighted by molar-refractivity contribution is -0.142. The molecular formula is C11H17N3O3. The monoisotopic (exact) mass is 239 g/mol. The van der Waals surface area contributed by atoms with Crippen molar-refractivity contribution in [1.82, 2.24) is 15.1 Å². The summed E-state index contributed by atoms with van der Waals surface area (Å²) in [4.78, 5) is 22.5. The molecule has 0 aliphatic carbocycles. The molecule has 17 heavy (non-hydrogen) atoms. The van der Waals surface area contributed by atoms with E-state index in [0.29, 0.717) is 6.42 Å². The highest BCUT2D eigenvalue weighted by molar-refractivity contribution is 5.83. The molecule has 0 unspecified atom stereocenters. The van der Waals surface area contributed by atoms with Crippen molar-refractivity contribution >= 4 is 11.9 Å². The van der Waals surface area contributed by atoms with Crippen molar-refractivity contribution in [3.8, 4) is 0 Å². The van der Waals surface area contributed by atoms with E-state index in [2.05, 4.69) is 10.4 Å². The maximum absolute atomic E-state index is 11.6. The molecule has 0 radical (unpaired) electrons. The lowest BCUT2D eigenvalue weighted by Crippen LogP contribution is -2.43. The van der Waals surface area contributed by atoms with Crippen LogP contribution in [-0.2, 0) is 16.1 Å². The lowest BCUT2D eigenvalue weighted by atomic mass is 10.0. The fraction of sp³-hybridized carbons (Fsp3) is 0.545. The molecule has 0 spiro atoms. The number of nitrogens with zero attached hydrogens (tertiary/aromatic N) is 2. The van der Waals surface area contributed by atoms with Crippen molar-refractivity contribution in [2.45, 2.75) is 32.9 Å². The zero-order valence-electron chi connectivity index (χ0n) is 9.96. The van der Waals surface area contributed by atoms with Gasteiger partial charge in [0.2, 0.25) is 5.91 Å². The first-order valence-corrected chi connectivity index (χ1v) is 5.48. The second-order valence-electron chi connectivity index (χ2n) is 4.29. The average molecular weight is 239 g/mol. The highest BCUT2D eigenvalue weighted by Gasteiger charge is 2.20. The highest BCUT2D eigenvalue weighted by Crippen LogP contribution is 2.04. The molecule has 1 heterocycles. The summed E-state index contributed by atoms with van der Waals surface area (Å²) in [5.41, 5.74) is 0. The molecule has 0 saturated carbocycles. The van der Waals surface area contributed by atoms with Gasteiger partial charge in [0.1, 0.15) is 12.6 Å². The van der Waals surface area contributed by atoms with Gasteiger partial charge in [0.25, 0.3) is 0 Å². The van der Waals surface area contributed by atoms with Crippen LogP contribution in [0.3, 0.4) is 0 Å². The molecule has 1 rings (SSSR count). The zero-order chi connectivity index (χ0) is 12.8. The molecule has 6 nitrogen and oxygen atoms in total. The van der Waals surface area contributed by atoms with Gasteiger partial charge < -0.3 is 10.4 Å². The Morgan fingerprint density at radius 2 is 2.18 bits per heavy atom. The number of rotatable bonds is 6. The molecule has 1 amide bonds. The minimum Gasteiger partial charge on any atom is -0.480 e. The van der Waals surface area contributed by atoms with E-state index in [0.717, 1.165) is 0 Å². The third-order valence-electron chi connectivity index (χ3n) is 2.21. The maximum atomic E-state index is 11.6. The predicted molar refractivity (Wildman–Crippen MR) is 61.2 cm³/mol. The number of carboxylic acids is 1. The minimum absolute atomic E-state index is 0.0366. The number of carboxylic acid groups (broad SMARTS) is 1. The molecule has 94 valence electrons. The molecule has 6 heteroatoms.